The van der Waals surface area contributed by atoms with E-state index in [4.69, 9.17) is 5.11 Å². The second-order valence-corrected chi connectivity index (χ2v) is 5.09. The van der Waals surface area contributed by atoms with Crippen LogP contribution in [0.3, 0.4) is 0 Å². The maximum atomic E-state index is 9.17. The molecule has 114 valence electrons. The van der Waals surface area contributed by atoms with Crippen molar-refractivity contribution in [3.05, 3.63) is 41.7 Å². The van der Waals surface area contributed by atoms with Crippen LogP contribution in [0.4, 0.5) is 0 Å². The van der Waals surface area contributed by atoms with Crippen LogP contribution in [0, 0.1) is 0 Å². The number of aliphatic hydroxyl groups is 1. The highest BCUT2D eigenvalue weighted by Crippen LogP contribution is 2.06. The van der Waals surface area contributed by atoms with Crippen LogP contribution < -0.4 is 0 Å². The van der Waals surface area contributed by atoms with Crippen molar-refractivity contribution < 1.29 is 5.11 Å². The molecule has 0 saturated carbocycles. The molecule has 0 aliphatic heterocycles. The number of benzene rings is 1. The van der Waals surface area contributed by atoms with Crippen molar-refractivity contribution >= 4 is 0 Å². The fourth-order valence-corrected chi connectivity index (χ4v) is 2.21. The van der Waals surface area contributed by atoms with Gasteiger partial charge in [-0.1, -0.05) is 43.7 Å². The first-order chi connectivity index (χ1) is 10.3. The molecule has 2 rings (SSSR count). The van der Waals surface area contributed by atoms with Crippen LogP contribution in [0.1, 0.15) is 31.2 Å². The van der Waals surface area contributed by atoms with Crippen molar-refractivity contribution in [2.24, 2.45) is 0 Å². The summed E-state index contributed by atoms with van der Waals surface area (Å²) < 4.78 is 1.83. The van der Waals surface area contributed by atoms with Crippen molar-refractivity contribution in [1.29, 1.82) is 0 Å². The molecule has 1 aromatic heterocycles. The average Bonchev–Trinajstić information content (AvgIpc) is 2.93. The zero-order valence-corrected chi connectivity index (χ0v) is 12.5. The van der Waals surface area contributed by atoms with E-state index >= 15 is 0 Å². The van der Waals surface area contributed by atoms with Gasteiger partial charge >= 0.3 is 0 Å². The van der Waals surface area contributed by atoms with Gasteiger partial charge in [-0.15, -0.1) is 5.10 Å². The van der Waals surface area contributed by atoms with Crippen LogP contribution in [0.25, 0.3) is 0 Å². The highest BCUT2D eigenvalue weighted by Gasteiger charge is 2.12. The summed E-state index contributed by atoms with van der Waals surface area (Å²) in [5.74, 6) is 0.836. The van der Waals surface area contributed by atoms with Gasteiger partial charge in [0.25, 0.3) is 0 Å². The molecule has 0 aliphatic rings. The van der Waals surface area contributed by atoms with Gasteiger partial charge < -0.3 is 5.11 Å². The fourth-order valence-electron chi connectivity index (χ4n) is 2.21. The van der Waals surface area contributed by atoms with Crippen molar-refractivity contribution in [2.45, 2.75) is 32.9 Å². The molecule has 1 N–H and O–H groups in total. The Morgan fingerprint density at radius 2 is 2.00 bits per heavy atom. The van der Waals surface area contributed by atoms with Crippen molar-refractivity contribution in [2.75, 3.05) is 19.7 Å². The maximum absolute atomic E-state index is 9.17. The standard InChI is InChI=1S/C15H23N5O/c1-2-3-9-19(10-11-21)13-15-16-17-18-20(15)12-14-7-5-4-6-8-14/h4-8,21H,2-3,9-13H2,1H3. The molecule has 1 aromatic carbocycles. The lowest BCUT2D eigenvalue weighted by atomic mass is 10.2. The van der Waals surface area contributed by atoms with Gasteiger partial charge in [0.05, 0.1) is 19.7 Å². The molecule has 2 aromatic rings. The van der Waals surface area contributed by atoms with Gasteiger partial charge in [-0.25, -0.2) is 4.68 Å². The molecule has 0 unspecified atom stereocenters. The number of hydrogen-bond acceptors (Lipinski definition) is 5. The molecule has 6 heteroatoms. The first-order valence-corrected chi connectivity index (χ1v) is 7.45. The largest absolute Gasteiger partial charge is 0.395 e. The summed E-state index contributed by atoms with van der Waals surface area (Å²) in [4.78, 5) is 2.19. The van der Waals surface area contributed by atoms with Crippen LogP contribution in [-0.2, 0) is 13.1 Å². The molecule has 0 spiro atoms. The number of aromatic nitrogens is 4. The van der Waals surface area contributed by atoms with E-state index in [1.807, 2.05) is 22.9 Å². The van der Waals surface area contributed by atoms with Gasteiger partial charge in [0.15, 0.2) is 5.82 Å². The number of nitrogens with zero attached hydrogens (tertiary/aromatic N) is 5. The van der Waals surface area contributed by atoms with Crippen LogP contribution >= 0.6 is 0 Å². The molecule has 1 heterocycles. The molecule has 0 bridgehead atoms. The van der Waals surface area contributed by atoms with Crippen LogP contribution in [0.5, 0.6) is 0 Å². The molecular weight excluding hydrogens is 266 g/mol. The van der Waals surface area contributed by atoms with Crippen molar-refractivity contribution in [3.63, 3.8) is 0 Å². The number of unbranched alkanes of at least 4 members (excludes halogenated alkanes) is 1. The zero-order chi connectivity index (χ0) is 14.9. The molecule has 21 heavy (non-hydrogen) atoms. The van der Waals surface area contributed by atoms with Crippen molar-refractivity contribution in [1.82, 2.24) is 25.1 Å². The van der Waals surface area contributed by atoms with E-state index in [1.54, 1.807) is 0 Å². The van der Waals surface area contributed by atoms with E-state index in [0.29, 0.717) is 19.6 Å². The minimum absolute atomic E-state index is 0.157. The van der Waals surface area contributed by atoms with E-state index in [0.717, 1.165) is 25.2 Å². The third-order valence-corrected chi connectivity index (χ3v) is 3.39. The first-order valence-electron chi connectivity index (χ1n) is 7.45. The van der Waals surface area contributed by atoms with E-state index in [1.165, 1.54) is 5.56 Å². The van der Waals surface area contributed by atoms with E-state index < -0.39 is 0 Å². The van der Waals surface area contributed by atoms with Gasteiger partial charge in [-0.05, 0) is 29.0 Å². The van der Waals surface area contributed by atoms with Crippen LogP contribution in [0.15, 0.2) is 30.3 Å². The van der Waals surface area contributed by atoms with E-state index in [9.17, 15) is 0 Å². The Balaban J connectivity index is 2.01. The Bertz CT molecular complexity index is 514. The number of tetrazole rings is 1. The van der Waals surface area contributed by atoms with Gasteiger partial charge in [0, 0.05) is 6.54 Å². The summed E-state index contributed by atoms with van der Waals surface area (Å²) in [6.07, 6.45) is 2.25. The smallest absolute Gasteiger partial charge is 0.165 e. The lowest BCUT2D eigenvalue weighted by Gasteiger charge is -2.20. The highest BCUT2D eigenvalue weighted by molar-refractivity contribution is 5.14. The monoisotopic (exact) mass is 289 g/mol. The number of rotatable bonds is 9. The fraction of sp³-hybridized carbons (Fsp3) is 0.533. The van der Waals surface area contributed by atoms with Crippen molar-refractivity contribution in [3.8, 4) is 0 Å². The number of hydrogen-bond donors (Lipinski definition) is 1. The second-order valence-electron chi connectivity index (χ2n) is 5.09. The second kappa shape index (κ2) is 8.49. The van der Waals surface area contributed by atoms with Gasteiger partial charge in [0.2, 0.25) is 0 Å². The van der Waals surface area contributed by atoms with Gasteiger partial charge in [0.1, 0.15) is 0 Å². The minimum atomic E-state index is 0.157. The Morgan fingerprint density at radius 1 is 1.19 bits per heavy atom. The zero-order valence-electron chi connectivity index (χ0n) is 12.5. The van der Waals surface area contributed by atoms with Gasteiger partial charge in [-0.3, -0.25) is 4.90 Å². The quantitative estimate of drug-likeness (QED) is 0.754. The molecule has 0 atom stereocenters. The summed E-state index contributed by atoms with van der Waals surface area (Å²) in [6.45, 7) is 5.26. The average molecular weight is 289 g/mol. The predicted octanol–water partition coefficient (Wildman–Crippen LogP) is 1.32. The van der Waals surface area contributed by atoms with Crippen LogP contribution in [-0.4, -0.2) is 49.9 Å². The van der Waals surface area contributed by atoms with Gasteiger partial charge in [-0.2, -0.15) is 0 Å². The van der Waals surface area contributed by atoms with E-state index in [-0.39, 0.29) is 6.61 Å². The number of aliphatic hydroxyl groups excluding tert-OH is 1. The first kappa shape index (κ1) is 15.6. The summed E-state index contributed by atoms with van der Waals surface area (Å²) in [5.41, 5.74) is 1.17. The Labute approximate surface area is 125 Å². The molecule has 0 radical (unpaired) electrons. The predicted molar refractivity (Wildman–Crippen MR) is 80.6 cm³/mol. The van der Waals surface area contributed by atoms with Crippen LogP contribution in [0.2, 0.25) is 0 Å². The minimum Gasteiger partial charge on any atom is -0.395 e. The Morgan fingerprint density at radius 3 is 2.71 bits per heavy atom. The third kappa shape index (κ3) is 4.91. The topological polar surface area (TPSA) is 67.1 Å². The maximum Gasteiger partial charge on any atom is 0.165 e. The SMILES string of the molecule is CCCCN(CCO)Cc1nnnn1Cc1ccccc1. The summed E-state index contributed by atoms with van der Waals surface area (Å²) in [7, 11) is 0. The Kier molecular flexibility index (Phi) is 6.30. The lowest BCUT2D eigenvalue weighted by molar-refractivity contribution is 0.183. The normalized spacial score (nSPS) is 11.2. The van der Waals surface area contributed by atoms with E-state index in [2.05, 4.69) is 39.5 Å². The highest BCUT2D eigenvalue weighted by atomic mass is 16.3. The molecule has 6 nitrogen and oxygen atoms in total. The summed E-state index contributed by atoms with van der Waals surface area (Å²) in [5, 5.41) is 21.1. The summed E-state index contributed by atoms with van der Waals surface area (Å²) >= 11 is 0. The third-order valence-electron chi connectivity index (χ3n) is 3.39. The molecule has 0 aliphatic carbocycles. The molecular formula is C15H23N5O. The lowest BCUT2D eigenvalue weighted by Crippen LogP contribution is -2.29. The molecule has 0 amide bonds. The summed E-state index contributed by atoms with van der Waals surface area (Å²) in [6, 6.07) is 10.1. The molecule has 0 saturated heterocycles. The molecule has 0 fully saturated rings. The Hall–Kier alpha value is -1.79.